The molecule has 0 aromatic heterocycles. The molecule has 0 spiro atoms. The zero-order chi connectivity index (χ0) is 10.6. The van der Waals surface area contributed by atoms with Gasteiger partial charge in [0.05, 0.1) is 11.1 Å². The molecule has 1 aromatic carbocycles. The highest BCUT2D eigenvalue weighted by Gasteiger charge is 2.10. The van der Waals surface area contributed by atoms with Crippen LogP contribution in [0.1, 0.15) is 5.56 Å². The van der Waals surface area contributed by atoms with Gasteiger partial charge in [-0.15, -0.1) is 0 Å². The van der Waals surface area contributed by atoms with E-state index in [1.807, 2.05) is 0 Å². The lowest BCUT2D eigenvalue weighted by Crippen LogP contribution is -2.05. The van der Waals surface area contributed by atoms with Gasteiger partial charge in [-0.2, -0.15) is 0 Å². The van der Waals surface area contributed by atoms with E-state index in [1.54, 1.807) is 6.07 Å². The molecule has 0 amide bonds. The zero-order valence-corrected chi connectivity index (χ0v) is 9.05. The minimum Gasteiger partial charge on any atom is -0.488 e. The third kappa shape index (κ3) is 2.43. The quantitative estimate of drug-likeness (QED) is 0.864. The van der Waals surface area contributed by atoms with E-state index in [4.69, 9.17) is 15.6 Å². The van der Waals surface area contributed by atoms with Crippen LogP contribution < -0.4 is 10.5 Å². The first-order chi connectivity index (χ1) is 6.70. The maximum atomic E-state index is 13.5. The van der Waals surface area contributed by atoms with Crippen molar-refractivity contribution < 1.29 is 14.2 Å². The standard InChI is InChI=1S/C9H11BrFNO2/c10-8-6(5-12)1-2-7(9(8)11)14-4-3-13/h1-2,13H,3-5,12H2. The molecule has 1 rings (SSSR count). The van der Waals surface area contributed by atoms with E-state index in [0.717, 1.165) is 0 Å². The van der Waals surface area contributed by atoms with Gasteiger partial charge in [0, 0.05) is 6.54 Å². The first-order valence-electron chi connectivity index (χ1n) is 4.11. The largest absolute Gasteiger partial charge is 0.488 e. The van der Waals surface area contributed by atoms with Crippen LogP contribution in [-0.4, -0.2) is 18.3 Å². The number of rotatable bonds is 4. The van der Waals surface area contributed by atoms with E-state index >= 15 is 0 Å². The molecule has 0 aliphatic rings. The number of halogens is 2. The van der Waals surface area contributed by atoms with E-state index in [2.05, 4.69) is 15.9 Å². The summed E-state index contributed by atoms with van der Waals surface area (Å²) in [5.74, 6) is -0.371. The molecule has 0 bridgehead atoms. The minimum atomic E-state index is -0.485. The summed E-state index contributed by atoms with van der Waals surface area (Å²) in [5.41, 5.74) is 6.07. The fourth-order valence-corrected chi connectivity index (χ4v) is 1.49. The Hall–Kier alpha value is -0.650. The summed E-state index contributed by atoms with van der Waals surface area (Å²) in [6.45, 7) is 0.193. The van der Waals surface area contributed by atoms with Crippen molar-refractivity contribution in [1.82, 2.24) is 0 Å². The number of benzene rings is 1. The Kier molecular flexibility index (Phi) is 4.31. The lowest BCUT2D eigenvalue weighted by molar-refractivity contribution is 0.196. The molecule has 5 heteroatoms. The van der Waals surface area contributed by atoms with Crippen LogP contribution in [0.2, 0.25) is 0 Å². The second-order valence-electron chi connectivity index (χ2n) is 2.63. The van der Waals surface area contributed by atoms with Gasteiger partial charge in [0.15, 0.2) is 11.6 Å². The molecule has 0 aliphatic carbocycles. The minimum absolute atomic E-state index is 0.0747. The number of aliphatic hydroxyl groups is 1. The van der Waals surface area contributed by atoms with E-state index < -0.39 is 5.82 Å². The summed E-state index contributed by atoms with van der Waals surface area (Å²) in [7, 11) is 0. The van der Waals surface area contributed by atoms with Gasteiger partial charge in [0.1, 0.15) is 6.61 Å². The summed E-state index contributed by atoms with van der Waals surface area (Å²) < 4.78 is 18.7. The SMILES string of the molecule is NCc1ccc(OCCO)c(F)c1Br. The van der Waals surface area contributed by atoms with Gasteiger partial charge < -0.3 is 15.6 Å². The fraction of sp³-hybridized carbons (Fsp3) is 0.333. The first kappa shape index (κ1) is 11.4. The van der Waals surface area contributed by atoms with E-state index in [0.29, 0.717) is 10.0 Å². The van der Waals surface area contributed by atoms with Gasteiger partial charge in [-0.25, -0.2) is 4.39 Å². The van der Waals surface area contributed by atoms with Crippen LogP contribution in [0.3, 0.4) is 0 Å². The molecule has 0 atom stereocenters. The molecule has 3 N–H and O–H groups in total. The van der Waals surface area contributed by atoms with Crippen molar-refractivity contribution in [3.8, 4) is 5.75 Å². The normalized spacial score (nSPS) is 10.3. The molecule has 0 unspecified atom stereocenters. The van der Waals surface area contributed by atoms with Gasteiger partial charge in [-0.3, -0.25) is 0 Å². The summed E-state index contributed by atoms with van der Waals surface area (Å²) >= 11 is 3.09. The molecule has 0 saturated heterocycles. The van der Waals surface area contributed by atoms with E-state index in [-0.39, 0.29) is 25.5 Å². The van der Waals surface area contributed by atoms with Crippen molar-refractivity contribution in [3.05, 3.63) is 28.0 Å². The van der Waals surface area contributed by atoms with E-state index in [9.17, 15) is 4.39 Å². The molecule has 0 fully saturated rings. The lowest BCUT2D eigenvalue weighted by Gasteiger charge is -2.09. The summed E-state index contributed by atoms with van der Waals surface area (Å²) in [6.07, 6.45) is 0. The summed E-state index contributed by atoms with van der Waals surface area (Å²) in [4.78, 5) is 0. The van der Waals surface area contributed by atoms with Gasteiger partial charge >= 0.3 is 0 Å². The number of hydrogen-bond donors (Lipinski definition) is 2. The molecule has 0 aliphatic heterocycles. The highest BCUT2D eigenvalue weighted by molar-refractivity contribution is 9.10. The highest BCUT2D eigenvalue weighted by atomic mass is 79.9. The van der Waals surface area contributed by atoms with Crippen LogP contribution in [0, 0.1) is 5.82 Å². The Bertz CT molecular complexity index is 320. The smallest absolute Gasteiger partial charge is 0.179 e. The van der Waals surface area contributed by atoms with Crippen LogP contribution in [0.5, 0.6) is 5.75 Å². The Morgan fingerprint density at radius 3 is 2.79 bits per heavy atom. The molecule has 1 aromatic rings. The van der Waals surface area contributed by atoms with Crippen molar-refractivity contribution >= 4 is 15.9 Å². The summed E-state index contributed by atoms with van der Waals surface area (Å²) in [5, 5.41) is 8.51. The zero-order valence-electron chi connectivity index (χ0n) is 7.46. The molecular formula is C9H11BrFNO2. The van der Waals surface area contributed by atoms with Crippen LogP contribution in [0.25, 0.3) is 0 Å². The third-order valence-electron chi connectivity index (χ3n) is 1.70. The van der Waals surface area contributed by atoms with Crippen LogP contribution in [-0.2, 0) is 6.54 Å². The van der Waals surface area contributed by atoms with Crippen LogP contribution in [0.4, 0.5) is 4.39 Å². The molecule has 0 heterocycles. The molecule has 0 saturated carbocycles. The topological polar surface area (TPSA) is 55.5 Å². The number of nitrogens with two attached hydrogens (primary N) is 1. The van der Waals surface area contributed by atoms with Crippen molar-refractivity contribution in [2.24, 2.45) is 5.73 Å². The first-order valence-corrected chi connectivity index (χ1v) is 4.90. The number of ether oxygens (including phenoxy) is 1. The Labute approximate surface area is 89.8 Å². The number of hydrogen-bond acceptors (Lipinski definition) is 3. The predicted octanol–water partition coefficient (Wildman–Crippen LogP) is 1.42. The molecule has 0 radical (unpaired) electrons. The summed E-state index contributed by atoms with van der Waals surface area (Å²) in [6, 6.07) is 3.18. The highest BCUT2D eigenvalue weighted by Crippen LogP contribution is 2.28. The van der Waals surface area contributed by atoms with E-state index in [1.165, 1.54) is 6.07 Å². The average molecular weight is 264 g/mol. The van der Waals surface area contributed by atoms with Gasteiger partial charge in [0.25, 0.3) is 0 Å². The van der Waals surface area contributed by atoms with Gasteiger partial charge in [-0.05, 0) is 27.6 Å². The van der Waals surface area contributed by atoms with Crippen molar-refractivity contribution in [2.45, 2.75) is 6.54 Å². The molecular weight excluding hydrogens is 253 g/mol. The van der Waals surface area contributed by atoms with Crippen molar-refractivity contribution in [2.75, 3.05) is 13.2 Å². The maximum absolute atomic E-state index is 13.5. The number of aliphatic hydroxyl groups excluding tert-OH is 1. The predicted molar refractivity (Wildman–Crippen MR) is 54.6 cm³/mol. The van der Waals surface area contributed by atoms with Crippen LogP contribution in [0.15, 0.2) is 16.6 Å². The van der Waals surface area contributed by atoms with Gasteiger partial charge in [-0.1, -0.05) is 6.07 Å². The van der Waals surface area contributed by atoms with Gasteiger partial charge in [0.2, 0.25) is 0 Å². The lowest BCUT2D eigenvalue weighted by atomic mass is 10.2. The average Bonchev–Trinajstić information content (AvgIpc) is 2.20. The fourth-order valence-electron chi connectivity index (χ4n) is 0.996. The van der Waals surface area contributed by atoms with Crippen molar-refractivity contribution in [3.63, 3.8) is 0 Å². The Balaban J connectivity index is 2.92. The van der Waals surface area contributed by atoms with Crippen LogP contribution >= 0.6 is 15.9 Å². The molecule has 3 nitrogen and oxygen atoms in total. The molecule has 14 heavy (non-hydrogen) atoms. The monoisotopic (exact) mass is 263 g/mol. The Morgan fingerprint density at radius 2 is 2.21 bits per heavy atom. The van der Waals surface area contributed by atoms with Crippen molar-refractivity contribution in [1.29, 1.82) is 0 Å². The second kappa shape index (κ2) is 5.29. The molecule has 78 valence electrons. The maximum Gasteiger partial charge on any atom is 0.179 e. The third-order valence-corrected chi connectivity index (χ3v) is 2.55. The second-order valence-corrected chi connectivity index (χ2v) is 3.42. The Morgan fingerprint density at radius 1 is 1.50 bits per heavy atom.